The molecule has 0 aliphatic carbocycles. The molecule has 1 atom stereocenters. The molecule has 0 bridgehead atoms. The molecule has 182 valence electrons. The second kappa shape index (κ2) is 10.4. The zero-order chi connectivity index (χ0) is 25.8. The van der Waals surface area contributed by atoms with Crippen molar-refractivity contribution < 1.29 is 19.5 Å². The molecule has 0 aliphatic rings. The number of aromatic nitrogens is 1. The topological polar surface area (TPSA) is 91.9 Å². The monoisotopic (exact) mass is 484 g/mol. The second-order valence-corrected chi connectivity index (χ2v) is 8.70. The molecule has 4 rings (SSSR count). The number of pyridine rings is 1. The number of hydrogen-bond acceptors (Lipinski definition) is 4. The Balaban J connectivity index is 1.72. The Morgan fingerprint density at radius 3 is 2.11 bits per heavy atom. The maximum atomic E-state index is 15.1. The molecular weight excluding hydrogens is 459 g/mol. The molecule has 3 aromatic carbocycles. The molecule has 0 spiro atoms. The van der Waals surface area contributed by atoms with Gasteiger partial charge in [-0.25, -0.2) is 9.18 Å². The lowest BCUT2D eigenvalue weighted by Crippen LogP contribution is -2.18. The molecule has 36 heavy (non-hydrogen) atoms. The molecule has 0 amide bonds. The van der Waals surface area contributed by atoms with Crippen molar-refractivity contribution >= 4 is 11.7 Å². The largest absolute Gasteiger partial charge is 0.478 e. The van der Waals surface area contributed by atoms with Crippen LogP contribution in [0.4, 0.5) is 4.39 Å². The third-order valence-electron chi connectivity index (χ3n) is 6.25. The van der Waals surface area contributed by atoms with Crippen LogP contribution in [0.25, 0.3) is 11.1 Å². The van der Waals surface area contributed by atoms with Gasteiger partial charge < -0.3 is 14.9 Å². The van der Waals surface area contributed by atoms with Crippen molar-refractivity contribution in [2.75, 3.05) is 0 Å². The molecule has 4 aromatic rings. The van der Waals surface area contributed by atoms with Crippen molar-refractivity contribution in [3.05, 3.63) is 129 Å². The highest BCUT2D eigenvalue weighted by atomic mass is 19.1. The van der Waals surface area contributed by atoms with Crippen molar-refractivity contribution in [2.45, 2.75) is 19.3 Å². The number of aryl methyl sites for hydroxylation is 2. The maximum absolute atomic E-state index is 15.1. The van der Waals surface area contributed by atoms with Gasteiger partial charge in [0.05, 0.1) is 11.3 Å². The number of nitrogens with zero attached hydrogens (tertiary/aromatic N) is 2. The summed E-state index contributed by atoms with van der Waals surface area (Å²) in [5, 5.41) is 22.4. The third kappa shape index (κ3) is 5.25. The van der Waals surface area contributed by atoms with Crippen LogP contribution in [0.1, 0.15) is 45.0 Å². The van der Waals surface area contributed by atoms with E-state index in [-0.39, 0.29) is 23.4 Å². The quantitative estimate of drug-likeness (QED) is 0.203. The molecular formula is C29H25FN2O4. The van der Waals surface area contributed by atoms with Crippen LogP contribution < -0.4 is 5.56 Å². The fourth-order valence-electron chi connectivity index (χ4n) is 4.21. The standard InChI is InChI=1S/C29H25FN2O4/c1-18-3-13-24(26(30)15-18)25(16-27(31-36)23-12-14-28(33)32(2)17-23)21-8-4-19(5-9-21)20-6-10-22(11-7-20)29(34)35/h3-15,17,25,36H,16H2,1-2H3,(H,34,35)/b31-27+. The van der Waals surface area contributed by atoms with Gasteiger partial charge >= 0.3 is 5.97 Å². The number of carboxylic acid groups (broad SMARTS) is 1. The number of carboxylic acids is 1. The molecule has 2 N–H and O–H groups in total. The van der Waals surface area contributed by atoms with Crippen molar-refractivity contribution in [1.29, 1.82) is 0 Å². The second-order valence-electron chi connectivity index (χ2n) is 8.70. The van der Waals surface area contributed by atoms with Gasteiger partial charge in [-0.2, -0.15) is 0 Å². The van der Waals surface area contributed by atoms with Gasteiger partial charge in [-0.3, -0.25) is 4.79 Å². The summed E-state index contributed by atoms with van der Waals surface area (Å²) in [6.07, 6.45) is 1.78. The highest BCUT2D eigenvalue weighted by Crippen LogP contribution is 2.33. The van der Waals surface area contributed by atoms with Crippen molar-refractivity contribution in [2.24, 2.45) is 12.2 Å². The maximum Gasteiger partial charge on any atom is 0.335 e. The van der Waals surface area contributed by atoms with E-state index in [1.807, 2.05) is 37.3 Å². The average molecular weight is 485 g/mol. The number of benzene rings is 3. The van der Waals surface area contributed by atoms with E-state index in [9.17, 15) is 14.8 Å². The normalized spacial score (nSPS) is 12.4. The van der Waals surface area contributed by atoms with E-state index in [1.54, 1.807) is 49.6 Å². The Morgan fingerprint density at radius 2 is 1.56 bits per heavy atom. The third-order valence-corrected chi connectivity index (χ3v) is 6.25. The summed E-state index contributed by atoms with van der Waals surface area (Å²) in [4.78, 5) is 22.9. The minimum absolute atomic E-state index is 0.191. The molecule has 1 heterocycles. The Kier molecular flexibility index (Phi) is 7.10. The van der Waals surface area contributed by atoms with Crippen LogP contribution in [0.5, 0.6) is 0 Å². The predicted octanol–water partition coefficient (Wildman–Crippen LogP) is 5.60. The molecule has 0 fully saturated rings. The van der Waals surface area contributed by atoms with Crippen molar-refractivity contribution in [3.8, 4) is 11.1 Å². The number of aromatic carboxylic acids is 1. The first-order valence-electron chi connectivity index (χ1n) is 11.3. The summed E-state index contributed by atoms with van der Waals surface area (Å²) in [6, 6.07) is 22.2. The van der Waals surface area contributed by atoms with E-state index in [2.05, 4.69) is 5.16 Å². The smallest absolute Gasteiger partial charge is 0.335 e. The highest BCUT2D eigenvalue weighted by molar-refractivity contribution is 6.00. The van der Waals surface area contributed by atoms with E-state index >= 15 is 4.39 Å². The summed E-state index contributed by atoms with van der Waals surface area (Å²) in [6.45, 7) is 1.82. The van der Waals surface area contributed by atoms with Gasteiger partial charge in [-0.1, -0.05) is 53.7 Å². The fraction of sp³-hybridized carbons (Fsp3) is 0.138. The van der Waals surface area contributed by atoms with Gasteiger partial charge in [-0.15, -0.1) is 0 Å². The first kappa shape index (κ1) is 24.6. The first-order valence-corrected chi connectivity index (χ1v) is 11.3. The van der Waals surface area contributed by atoms with Gasteiger partial charge in [0, 0.05) is 37.2 Å². The van der Waals surface area contributed by atoms with Crippen molar-refractivity contribution in [3.63, 3.8) is 0 Å². The van der Waals surface area contributed by atoms with Gasteiger partial charge in [0.2, 0.25) is 5.56 Å². The van der Waals surface area contributed by atoms with Crippen molar-refractivity contribution in [1.82, 2.24) is 4.57 Å². The Hall–Kier alpha value is -4.52. The first-order chi connectivity index (χ1) is 17.3. The average Bonchev–Trinajstić information content (AvgIpc) is 2.87. The Morgan fingerprint density at radius 1 is 0.944 bits per heavy atom. The van der Waals surface area contributed by atoms with E-state index in [0.717, 1.165) is 22.3 Å². The van der Waals surface area contributed by atoms with Crippen LogP contribution in [0.15, 0.2) is 95.0 Å². The molecule has 0 saturated heterocycles. The highest BCUT2D eigenvalue weighted by Gasteiger charge is 2.22. The van der Waals surface area contributed by atoms with Crippen LogP contribution >= 0.6 is 0 Å². The van der Waals surface area contributed by atoms with Gasteiger partial charge in [0.1, 0.15) is 5.82 Å². The summed E-state index contributed by atoms with van der Waals surface area (Å²) < 4.78 is 16.5. The molecule has 0 radical (unpaired) electrons. The molecule has 1 aromatic heterocycles. The van der Waals surface area contributed by atoms with Crippen LogP contribution in [-0.2, 0) is 7.05 Å². The summed E-state index contributed by atoms with van der Waals surface area (Å²) >= 11 is 0. The van der Waals surface area contributed by atoms with E-state index < -0.39 is 11.9 Å². The lowest BCUT2D eigenvalue weighted by Gasteiger charge is -2.20. The summed E-state index contributed by atoms with van der Waals surface area (Å²) in [5.41, 5.74) is 4.71. The van der Waals surface area contributed by atoms with Crippen LogP contribution in [0.3, 0.4) is 0 Å². The fourth-order valence-corrected chi connectivity index (χ4v) is 4.21. The Labute approximate surface area is 207 Å². The van der Waals surface area contributed by atoms with Crippen LogP contribution in [0.2, 0.25) is 0 Å². The van der Waals surface area contributed by atoms with Gasteiger partial charge in [-0.05, 0) is 59.0 Å². The molecule has 0 saturated carbocycles. The molecule has 0 aliphatic heterocycles. The van der Waals surface area contributed by atoms with E-state index in [1.165, 1.54) is 16.7 Å². The SMILES string of the molecule is Cc1ccc(C(C/C(=N\O)c2ccc(=O)n(C)c2)c2ccc(-c3ccc(C(=O)O)cc3)cc2)c(F)c1. The molecule has 6 nitrogen and oxygen atoms in total. The number of rotatable bonds is 7. The van der Waals surface area contributed by atoms with Crippen LogP contribution in [0, 0.1) is 12.7 Å². The van der Waals surface area contributed by atoms with Gasteiger partial charge in [0.25, 0.3) is 0 Å². The zero-order valence-corrected chi connectivity index (χ0v) is 19.9. The Bertz CT molecular complexity index is 1490. The zero-order valence-electron chi connectivity index (χ0n) is 19.9. The minimum atomic E-state index is -0.986. The molecule has 1 unspecified atom stereocenters. The van der Waals surface area contributed by atoms with E-state index in [0.29, 0.717) is 16.8 Å². The molecule has 7 heteroatoms. The number of carbonyl (C=O) groups is 1. The summed E-state index contributed by atoms with van der Waals surface area (Å²) in [5.74, 6) is -1.80. The number of hydrogen-bond donors (Lipinski definition) is 2. The van der Waals surface area contributed by atoms with Gasteiger partial charge in [0.15, 0.2) is 0 Å². The number of oxime groups is 1. The van der Waals surface area contributed by atoms with Crippen LogP contribution in [-0.4, -0.2) is 26.6 Å². The lowest BCUT2D eigenvalue weighted by molar-refractivity contribution is 0.0697. The predicted molar refractivity (Wildman–Crippen MR) is 136 cm³/mol. The minimum Gasteiger partial charge on any atom is -0.478 e. The van der Waals surface area contributed by atoms with E-state index in [4.69, 9.17) is 5.11 Å². The lowest BCUT2D eigenvalue weighted by atomic mass is 9.84. The number of halogens is 1. The summed E-state index contributed by atoms with van der Waals surface area (Å²) in [7, 11) is 1.61.